The molecule has 0 unspecified atom stereocenters. The van der Waals surface area contributed by atoms with Crippen molar-refractivity contribution in [3.8, 4) is 17.2 Å². The van der Waals surface area contributed by atoms with Gasteiger partial charge in [-0.05, 0) is 20.8 Å². The molecule has 2 rings (SSSR count). The van der Waals surface area contributed by atoms with Crippen LogP contribution in [0.4, 0.5) is 0 Å². The second-order valence-corrected chi connectivity index (χ2v) is 5.80. The molecule has 0 radical (unpaired) electrons. The predicted octanol–water partition coefficient (Wildman–Crippen LogP) is 3.81. The third kappa shape index (κ3) is 2.94. The summed E-state index contributed by atoms with van der Waals surface area (Å²) in [5.41, 5.74) is -0.575. The maximum Gasteiger partial charge on any atom is 0.316 e. The lowest BCUT2D eigenvalue weighted by molar-refractivity contribution is -0.142. The summed E-state index contributed by atoms with van der Waals surface area (Å²) in [5, 5.41) is 1.66. The third-order valence-electron chi connectivity index (χ3n) is 3.16. The highest BCUT2D eigenvalue weighted by atomic mass is 16.5. The first kappa shape index (κ1) is 15.2. The van der Waals surface area contributed by atoms with E-state index in [1.54, 1.807) is 20.3 Å². The predicted molar refractivity (Wildman–Crippen MR) is 82.1 cm³/mol. The minimum Gasteiger partial charge on any atom is -0.493 e. The zero-order chi connectivity index (χ0) is 15.6. The number of ether oxygens (including phenoxy) is 3. The molecule has 0 heterocycles. The van der Waals surface area contributed by atoms with Crippen LogP contribution in [0.5, 0.6) is 17.2 Å². The number of esters is 1. The van der Waals surface area contributed by atoms with Gasteiger partial charge in [-0.15, -0.1) is 0 Å². The molecule has 0 saturated carbocycles. The maximum absolute atomic E-state index is 12.1. The fraction of sp³-hybridized carbons (Fsp3) is 0.353. The Hall–Kier alpha value is -2.23. The summed E-state index contributed by atoms with van der Waals surface area (Å²) in [6.45, 7) is 5.45. The number of rotatable bonds is 3. The molecule has 4 heteroatoms. The first-order valence-corrected chi connectivity index (χ1v) is 6.74. The summed E-state index contributed by atoms with van der Waals surface area (Å²) in [6.07, 6.45) is 0. The number of carbonyl (C=O) groups is 1. The molecule has 0 bridgehead atoms. The lowest BCUT2D eigenvalue weighted by Gasteiger charge is -2.19. The largest absolute Gasteiger partial charge is 0.493 e. The highest BCUT2D eigenvalue weighted by Gasteiger charge is 2.25. The van der Waals surface area contributed by atoms with Crippen LogP contribution in [0, 0.1) is 5.41 Å². The average Bonchev–Trinajstić information content (AvgIpc) is 2.45. The van der Waals surface area contributed by atoms with Crippen LogP contribution < -0.4 is 14.2 Å². The molecule has 4 nitrogen and oxygen atoms in total. The maximum atomic E-state index is 12.1. The highest BCUT2D eigenvalue weighted by molar-refractivity contribution is 5.97. The molecule has 0 saturated heterocycles. The van der Waals surface area contributed by atoms with E-state index in [9.17, 15) is 4.79 Å². The van der Waals surface area contributed by atoms with Gasteiger partial charge >= 0.3 is 5.97 Å². The SMILES string of the molecule is COc1cc(OC(=O)C(C)(C)C)c2ccccc2c1OC. The van der Waals surface area contributed by atoms with Gasteiger partial charge in [-0.25, -0.2) is 0 Å². The molecule has 0 spiro atoms. The number of hydrogen-bond donors (Lipinski definition) is 0. The van der Waals surface area contributed by atoms with Crippen LogP contribution in [-0.2, 0) is 4.79 Å². The van der Waals surface area contributed by atoms with Crippen molar-refractivity contribution in [2.45, 2.75) is 20.8 Å². The second-order valence-electron chi connectivity index (χ2n) is 5.80. The van der Waals surface area contributed by atoms with Crippen LogP contribution in [0.3, 0.4) is 0 Å². The average molecular weight is 288 g/mol. The highest BCUT2D eigenvalue weighted by Crippen LogP contribution is 2.41. The van der Waals surface area contributed by atoms with E-state index in [1.807, 2.05) is 45.0 Å². The molecule has 0 aliphatic carbocycles. The standard InChI is InChI=1S/C17H20O4/c1-17(2,3)16(18)21-13-10-14(19-4)15(20-5)12-9-7-6-8-11(12)13/h6-10H,1-5H3. The zero-order valence-corrected chi connectivity index (χ0v) is 13.0. The van der Waals surface area contributed by atoms with Crippen molar-refractivity contribution in [3.05, 3.63) is 30.3 Å². The Labute approximate surface area is 124 Å². The molecule has 0 amide bonds. The summed E-state index contributed by atoms with van der Waals surface area (Å²) in [4.78, 5) is 12.1. The Morgan fingerprint density at radius 1 is 0.952 bits per heavy atom. The van der Waals surface area contributed by atoms with Crippen LogP contribution in [0.2, 0.25) is 0 Å². The molecule has 21 heavy (non-hydrogen) atoms. The van der Waals surface area contributed by atoms with Gasteiger partial charge < -0.3 is 14.2 Å². The lowest BCUT2D eigenvalue weighted by atomic mass is 9.97. The van der Waals surface area contributed by atoms with Crippen molar-refractivity contribution in [1.82, 2.24) is 0 Å². The normalized spacial score (nSPS) is 11.3. The van der Waals surface area contributed by atoms with Gasteiger partial charge in [-0.2, -0.15) is 0 Å². The second kappa shape index (κ2) is 5.64. The van der Waals surface area contributed by atoms with Crippen LogP contribution in [-0.4, -0.2) is 20.2 Å². The van der Waals surface area contributed by atoms with Crippen molar-refractivity contribution in [2.75, 3.05) is 14.2 Å². The number of benzene rings is 2. The Balaban J connectivity index is 2.61. The van der Waals surface area contributed by atoms with Gasteiger partial charge in [0.25, 0.3) is 0 Å². The lowest BCUT2D eigenvalue weighted by Crippen LogP contribution is -2.25. The monoisotopic (exact) mass is 288 g/mol. The van der Waals surface area contributed by atoms with Crippen LogP contribution in [0.1, 0.15) is 20.8 Å². The van der Waals surface area contributed by atoms with Gasteiger partial charge in [0, 0.05) is 16.8 Å². The fourth-order valence-corrected chi connectivity index (χ4v) is 1.99. The first-order chi connectivity index (χ1) is 9.88. The third-order valence-corrected chi connectivity index (χ3v) is 3.16. The minimum atomic E-state index is -0.575. The molecule has 0 N–H and O–H groups in total. The Bertz CT molecular complexity index is 668. The van der Waals surface area contributed by atoms with Crippen molar-refractivity contribution in [1.29, 1.82) is 0 Å². The van der Waals surface area contributed by atoms with Gasteiger partial charge in [-0.1, -0.05) is 24.3 Å². The summed E-state index contributed by atoms with van der Waals surface area (Å²) in [5.74, 6) is 1.35. The zero-order valence-electron chi connectivity index (χ0n) is 13.0. The number of hydrogen-bond acceptors (Lipinski definition) is 4. The Kier molecular flexibility index (Phi) is 4.07. The van der Waals surface area contributed by atoms with E-state index in [2.05, 4.69) is 0 Å². The van der Waals surface area contributed by atoms with E-state index >= 15 is 0 Å². The molecule has 2 aromatic carbocycles. The van der Waals surface area contributed by atoms with E-state index < -0.39 is 5.41 Å². The van der Waals surface area contributed by atoms with Gasteiger partial charge in [0.2, 0.25) is 0 Å². The minimum absolute atomic E-state index is 0.292. The van der Waals surface area contributed by atoms with Gasteiger partial charge in [0.1, 0.15) is 5.75 Å². The topological polar surface area (TPSA) is 44.8 Å². The molecular weight excluding hydrogens is 268 g/mol. The molecule has 112 valence electrons. The number of fused-ring (bicyclic) bond motifs is 1. The molecule has 0 fully saturated rings. The molecule has 0 aliphatic rings. The molecule has 0 aromatic heterocycles. The summed E-state index contributed by atoms with van der Waals surface area (Å²) in [7, 11) is 3.15. The first-order valence-electron chi connectivity index (χ1n) is 6.74. The molecular formula is C17H20O4. The number of methoxy groups -OCH3 is 2. The van der Waals surface area contributed by atoms with E-state index in [0.717, 1.165) is 10.8 Å². The Morgan fingerprint density at radius 2 is 1.57 bits per heavy atom. The van der Waals surface area contributed by atoms with E-state index in [0.29, 0.717) is 17.2 Å². The van der Waals surface area contributed by atoms with Crippen LogP contribution in [0.25, 0.3) is 10.8 Å². The summed E-state index contributed by atoms with van der Waals surface area (Å²) in [6, 6.07) is 9.28. The van der Waals surface area contributed by atoms with Crippen LogP contribution >= 0.6 is 0 Å². The van der Waals surface area contributed by atoms with Gasteiger partial charge in [-0.3, -0.25) is 4.79 Å². The fourth-order valence-electron chi connectivity index (χ4n) is 1.99. The Morgan fingerprint density at radius 3 is 2.10 bits per heavy atom. The summed E-state index contributed by atoms with van der Waals surface area (Å²) < 4.78 is 16.3. The smallest absolute Gasteiger partial charge is 0.316 e. The van der Waals surface area contributed by atoms with E-state index in [4.69, 9.17) is 14.2 Å². The van der Waals surface area contributed by atoms with Crippen molar-refractivity contribution in [2.24, 2.45) is 5.41 Å². The van der Waals surface area contributed by atoms with Crippen molar-refractivity contribution in [3.63, 3.8) is 0 Å². The van der Waals surface area contributed by atoms with Gasteiger partial charge in [0.05, 0.1) is 19.6 Å². The van der Waals surface area contributed by atoms with E-state index in [-0.39, 0.29) is 5.97 Å². The molecule has 0 aliphatic heterocycles. The van der Waals surface area contributed by atoms with Crippen molar-refractivity contribution < 1.29 is 19.0 Å². The number of carbonyl (C=O) groups excluding carboxylic acids is 1. The van der Waals surface area contributed by atoms with Crippen molar-refractivity contribution >= 4 is 16.7 Å². The van der Waals surface area contributed by atoms with Crippen LogP contribution in [0.15, 0.2) is 30.3 Å². The molecule has 0 atom stereocenters. The molecule has 2 aromatic rings. The summed E-state index contributed by atoms with van der Waals surface area (Å²) >= 11 is 0. The van der Waals surface area contributed by atoms with Gasteiger partial charge in [0.15, 0.2) is 11.5 Å². The van der Waals surface area contributed by atoms with E-state index in [1.165, 1.54) is 0 Å². The quantitative estimate of drug-likeness (QED) is 0.636.